The lowest BCUT2D eigenvalue weighted by Gasteiger charge is -2.16. The Labute approximate surface area is 94.0 Å². The highest BCUT2D eigenvalue weighted by atomic mass is 14.9. The van der Waals surface area contributed by atoms with E-state index in [9.17, 15) is 0 Å². The third kappa shape index (κ3) is 2.97. The SMILES string of the molecule is BCc1cccc(/C(=C/C)C(C)NC)c1. The summed E-state index contributed by atoms with van der Waals surface area (Å²) in [6.45, 7) is 4.29. The fraction of sp³-hybridized carbons (Fsp3) is 0.385. The molecule has 0 saturated carbocycles. The van der Waals surface area contributed by atoms with Gasteiger partial charge in [-0.3, -0.25) is 0 Å². The highest BCUT2D eigenvalue weighted by molar-refractivity contribution is 6.08. The van der Waals surface area contributed by atoms with Crippen LogP contribution in [0.2, 0.25) is 0 Å². The minimum atomic E-state index is 0.405. The first kappa shape index (κ1) is 12.1. The van der Waals surface area contributed by atoms with Gasteiger partial charge in [0.15, 0.2) is 0 Å². The molecule has 1 atom stereocenters. The van der Waals surface area contributed by atoms with E-state index in [0.29, 0.717) is 6.04 Å². The van der Waals surface area contributed by atoms with Gasteiger partial charge in [0.2, 0.25) is 0 Å². The summed E-state index contributed by atoms with van der Waals surface area (Å²) in [5, 5.41) is 3.28. The Hall–Kier alpha value is -1.02. The predicted molar refractivity (Wildman–Crippen MR) is 70.9 cm³/mol. The Morgan fingerprint density at radius 2 is 2.27 bits per heavy atom. The molecule has 15 heavy (non-hydrogen) atoms. The Morgan fingerprint density at radius 1 is 1.53 bits per heavy atom. The molecule has 1 N–H and O–H groups in total. The minimum absolute atomic E-state index is 0.405. The zero-order valence-corrected chi connectivity index (χ0v) is 10.2. The fourth-order valence-corrected chi connectivity index (χ4v) is 1.79. The molecule has 0 spiro atoms. The molecule has 80 valence electrons. The molecule has 1 rings (SSSR count). The van der Waals surface area contributed by atoms with Crippen molar-refractivity contribution in [2.24, 2.45) is 0 Å². The monoisotopic (exact) mass is 201 g/mol. The summed E-state index contributed by atoms with van der Waals surface area (Å²) in [7, 11) is 4.19. The summed E-state index contributed by atoms with van der Waals surface area (Å²) in [6, 6.07) is 9.19. The summed E-state index contributed by atoms with van der Waals surface area (Å²) in [5.41, 5.74) is 4.10. The van der Waals surface area contributed by atoms with Gasteiger partial charge in [-0.25, -0.2) is 0 Å². The lowest BCUT2D eigenvalue weighted by Crippen LogP contribution is -2.22. The highest BCUT2D eigenvalue weighted by Gasteiger charge is 2.07. The Morgan fingerprint density at radius 3 is 2.80 bits per heavy atom. The van der Waals surface area contributed by atoms with Gasteiger partial charge in [0.1, 0.15) is 7.85 Å². The molecule has 0 aromatic heterocycles. The number of allylic oxidation sites excluding steroid dienone is 1. The van der Waals surface area contributed by atoms with Gasteiger partial charge >= 0.3 is 0 Å². The quantitative estimate of drug-likeness (QED) is 0.733. The molecule has 0 aliphatic heterocycles. The zero-order valence-electron chi connectivity index (χ0n) is 10.2. The molecule has 0 saturated heterocycles. The second kappa shape index (κ2) is 5.77. The van der Waals surface area contributed by atoms with E-state index in [1.54, 1.807) is 0 Å². The van der Waals surface area contributed by atoms with Gasteiger partial charge in [-0.05, 0) is 32.0 Å². The van der Waals surface area contributed by atoms with E-state index in [2.05, 4.69) is 57.4 Å². The molecular formula is C13H20BN. The van der Waals surface area contributed by atoms with Crippen LogP contribution in [0.1, 0.15) is 25.0 Å². The van der Waals surface area contributed by atoms with E-state index >= 15 is 0 Å². The fourth-order valence-electron chi connectivity index (χ4n) is 1.79. The molecule has 0 aliphatic carbocycles. The van der Waals surface area contributed by atoms with Gasteiger partial charge < -0.3 is 5.32 Å². The van der Waals surface area contributed by atoms with Crippen LogP contribution in [0, 0.1) is 0 Å². The van der Waals surface area contributed by atoms with Crippen molar-refractivity contribution < 1.29 is 0 Å². The third-order valence-corrected chi connectivity index (χ3v) is 2.88. The maximum Gasteiger partial charge on any atom is 0.107 e. The van der Waals surface area contributed by atoms with Crippen molar-refractivity contribution >= 4 is 13.4 Å². The van der Waals surface area contributed by atoms with Gasteiger partial charge in [-0.2, -0.15) is 0 Å². The van der Waals surface area contributed by atoms with E-state index in [4.69, 9.17) is 0 Å². The largest absolute Gasteiger partial charge is 0.313 e. The van der Waals surface area contributed by atoms with E-state index in [1.807, 2.05) is 7.05 Å². The van der Waals surface area contributed by atoms with Crippen LogP contribution < -0.4 is 5.32 Å². The van der Waals surface area contributed by atoms with Crippen molar-refractivity contribution in [2.75, 3.05) is 7.05 Å². The van der Waals surface area contributed by atoms with Crippen LogP contribution in [0.5, 0.6) is 0 Å². The molecule has 0 aliphatic rings. The molecule has 2 heteroatoms. The van der Waals surface area contributed by atoms with Crippen LogP contribution in [0.3, 0.4) is 0 Å². The van der Waals surface area contributed by atoms with Gasteiger partial charge in [0, 0.05) is 6.04 Å². The Balaban J connectivity index is 3.02. The molecule has 1 unspecified atom stereocenters. The smallest absolute Gasteiger partial charge is 0.107 e. The van der Waals surface area contributed by atoms with Crippen molar-refractivity contribution in [3.05, 3.63) is 41.5 Å². The van der Waals surface area contributed by atoms with E-state index in [1.165, 1.54) is 16.7 Å². The molecule has 1 aromatic rings. The zero-order chi connectivity index (χ0) is 11.3. The average Bonchev–Trinajstić information content (AvgIpc) is 2.30. The van der Waals surface area contributed by atoms with E-state index in [-0.39, 0.29) is 0 Å². The normalized spacial score (nSPS) is 13.9. The molecule has 1 aromatic carbocycles. The van der Waals surface area contributed by atoms with Crippen LogP contribution >= 0.6 is 0 Å². The van der Waals surface area contributed by atoms with Crippen molar-refractivity contribution in [2.45, 2.75) is 26.2 Å². The number of likely N-dealkylation sites (N-methyl/N-ethyl adjacent to an activating group) is 1. The molecular weight excluding hydrogens is 181 g/mol. The number of rotatable bonds is 4. The molecule has 0 bridgehead atoms. The molecule has 0 fully saturated rings. The predicted octanol–water partition coefficient (Wildman–Crippen LogP) is 1.83. The maximum absolute atomic E-state index is 3.28. The Bertz CT molecular complexity index is 344. The molecule has 0 radical (unpaired) electrons. The second-order valence-corrected chi connectivity index (χ2v) is 3.81. The first-order chi connectivity index (χ1) is 7.22. The van der Waals surface area contributed by atoms with Crippen LogP contribution in [-0.4, -0.2) is 20.9 Å². The standard InChI is InChI=1S/C13H20BN/c1-4-13(10(2)15-3)12-7-5-6-11(8-12)9-14/h4-8,10,15H,9,14H2,1-3H3/b13-4+. The van der Waals surface area contributed by atoms with Crippen LogP contribution in [0.4, 0.5) is 0 Å². The van der Waals surface area contributed by atoms with Gasteiger partial charge in [0.05, 0.1) is 0 Å². The van der Waals surface area contributed by atoms with Crippen molar-refractivity contribution in [3.63, 3.8) is 0 Å². The number of nitrogens with one attached hydrogen (secondary N) is 1. The third-order valence-electron chi connectivity index (χ3n) is 2.88. The van der Waals surface area contributed by atoms with Crippen molar-refractivity contribution in [1.82, 2.24) is 5.32 Å². The summed E-state index contributed by atoms with van der Waals surface area (Å²) < 4.78 is 0. The Kier molecular flexibility index (Phi) is 4.63. The van der Waals surface area contributed by atoms with Crippen LogP contribution in [0.15, 0.2) is 30.3 Å². The number of hydrogen-bond donors (Lipinski definition) is 1. The number of benzene rings is 1. The summed E-state index contributed by atoms with van der Waals surface area (Å²) in [6.07, 6.45) is 3.29. The first-order valence-electron chi connectivity index (χ1n) is 5.65. The molecule has 0 heterocycles. The van der Waals surface area contributed by atoms with Crippen LogP contribution in [-0.2, 0) is 6.32 Å². The first-order valence-corrected chi connectivity index (χ1v) is 5.65. The van der Waals surface area contributed by atoms with E-state index in [0.717, 1.165) is 6.32 Å². The van der Waals surface area contributed by atoms with E-state index < -0.39 is 0 Å². The lowest BCUT2D eigenvalue weighted by atomic mass is 9.92. The number of hydrogen-bond acceptors (Lipinski definition) is 1. The van der Waals surface area contributed by atoms with Crippen LogP contribution in [0.25, 0.3) is 5.57 Å². The van der Waals surface area contributed by atoms with Gasteiger partial charge in [0.25, 0.3) is 0 Å². The topological polar surface area (TPSA) is 12.0 Å². The maximum atomic E-state index is 3.28. The lowest BCUT2D eigenvalue weighted by molar-refractivity contribution is 0.744. The average molecular weight is 201 g/mol. The highest BCUT2D eigenvalue weighted by Crippen LogP contribution is 2.19. The summed E-state index contributed by atoms with van der Waals surface area (Å²) >= 11 is 0. The van der Waals surface area contributed by atoms with Crippen molar-refractivity contribution in [3.8, 4) is 0 Å². The van der Waals surface area contributed by atoms with Gasteiger partial charge in [-0.1, -0.05) is 42.2 Å². The second-order valence-electron chi connectivity index (χ2n) is 3.81. The van der Waals surface area contributed by atoms with Crippen molar-refractivity contribution in [1.29, 1.82) is 0 Å². The minimum Gasteiger partial charge on any atom is -0.313 e. The molecule has 0 amide bonds. The van der Waals surface area contributed by atoms with Gasteiger partial charge in [-0.15, -0.1) is 0 Å². The summed E-state index contributed by atoms with van der Waals surface area (Å²) in [5.74, 6) is 0. The summed E-state index contributed by atoms with van der Waals surface area (Å²) in [4.78, 5) is 0. The molecule has 1 nitrogen and oxygen atoms in total.